The van der Waals surface area contributed by atoms with E-state index in [0.29, 0.717) is 12.1 Å². The Bertz CT molecular complexity index is 304. The fourth-order valence-electron chi connectivity index (χ4n) is 0.890. The van der Waals surface area contributed by atoms with Crippen molar-refractivity contribution in [2.75, 3.05) is 0 Å². The van der Waals surface area contributed by atoms with E-state index in [-0.39, 0.29) is 0 Å². The van der Waals surface area contributed by atoms with Gasteiger partial charge in [-0.25, -0.2) is 0 Å². The van der Waals surface area contributed by atoms with Gasteiger partial charge in [0.25, 0.3) is 0 Å². The quantitative estimate of drug-likeness (QED) is 0.742. The Hall–Kier alpha value is -0.900. The van der Waals surface area contributed by atoms with Gasteiger partial charge in [-0.05, 0) is 11.9 Å². The van der Waals surface area contributed by atoms with Crippen LogP contribution in [0.25, 0.3) is 0 Å². The third kappa shape index (κ3) is 2.04. The Morgan fingerprint density at radius 1 is 1.75 bits per heavy atom. The Labute approximate surface area is 79.2 Å². The van der Waals surface area contributed by atoms with Gasteiger partial charge >= 0.3 is 0 Å². The molecule has 0 aliphatic rings. The van der Waals surface area contributed by atoms with Gasteiger partial charge in [-0.1, -0.05) is 22.0 Å². The molecule has 0 atom stereocenters. The molecule has 0 amide bonds. The number of allylic oxidation sites excluding steroid dienone is 1. The molecule has 0 unspecified atom stereocenters. The monoisotopic (exact) mass is 228 g/mol. The standard InChI is InChI=1S/C8H9BrN2O/c1-7-8(6-12)5-11(10-7)4-2-3-9/h2-3,5-6H,4H2,1H3. The first kappa shape index (κ1) is 9.19. The zero-order valence-electron chi connectivity index (χ0n) is 6.70. The third-order valence-corrected chi connectivity index (χ3v) is 1.87. The summed E-state index contributed by atoms with van der Waals surface area (Å²) in [6, 6.07) is 0. The van der Waals surface area contributed by atoms with Gasteiger partial charge in [0, 0.05) is 6.20 Å². The summed E-state index contributed by atoms with van der Waals surface area (Å²) in [5.74, 6) is 0. The van der Waals surface area contributed by atoms with Gasteiger partial charge in [0.1, 0.15) is 0 Å². The lowest BCUT2D eigenvalue weighted by molar-refractivity contribution is 0.112. The molecule has 12 heavy (non-hydrogen) atoms. The maximum atomic E-state index is 10.4. The molecule has 4 heteroatoms. The first-order chi connectivity index (χ1) is 5.77. The maximum Gasteiger partial charge on any atom is 0.153 e. The van der Waals surface area contributed by atoms with Crippen molar-refractivity contribution in [1.82, 2.24) is 9.78 Å². The minimum Gasteiger partial charge on any atom is -0.298 e. The number of rotatable bonds is 3. The van der Waals surface area contributed by atoms with Crippen LogP contribution in [-0.2, 0) is 6.54 Å². The third-order valence-electron chi connectivity index (χ3n) is 1.49. The van der Waals surface area contributed by atoms with Crippen molar-refractivity contribution in [3.8, 4) is 0 Å². The molecule has 0 saturated carbocycles. The zero-order valence-corrected chi connectivity index (χ0v) is 8.28. The molecule has 0 bridgehead atoms. The highest BCUT2D eigenvalue weighted by Crippen LogP contribution is 2.02. The molecular weight excluding hydrogens is 220 g/mol. The fraction of sp³-hybridized carbons (Fsp3) is 0.250. The number of hydrogen-bond donors (Lipinski definition) is 0. The summed E-state index contributed by atoms with van der Waals surface area (Å²) in [6.45, 7) is 2.50. The van der Waals surface area contributed by atoms with E-state index in [1.165, 1.54) is 0 Å². The van der Waals surface area contributed by atoms with E-state index in [4.69, 9.17) is 0 Å². The summed E-state index contributed by atoms with van der Waals surface area (Å²) in [5, 5.41) is 4.13. The minimum absolute atomic E-state index is 0.651. The van der Waals surface area contributed by atoms with Crippen molar-refractivity contribution < 1.29 is 4.79 Å². The molecule has 1 aromatic rings. The molecule has 0 radical (unpaired) electrons. The SMILES string of the molecule is Cc1nn(CC=CBr)cc1C=O. The van der Waals surface area contributed by atoms with Crippen LogP contribution in [0.2, 0.25) is 0 Å². The van der Waals surface area contributed by atoms with Gasteiger partial charge in [0.05, 0.1) is 17.8 Å². The van der Waals surface area contributed by atoms with E-state index >= 15 is 0 Å². The molecule has 0 saturated heterocycles. The highest BCUT2D eigenvalue weighted by Gasteiger charge is 2.00. The molecule has 0 fully saturated rings. The number of nitrogens with zero attached hydrogens (tertiary/aromatic N) is 2. The van der Waals surface area contributed by atoms with Crippen LogP contribution >= 0.6 is 15.9 Å². The Balaban J connectivity index is 2.81. The molecule has 1 aromatic heterocycles. The number of aldehydes is 1. The van der Waals surface area contributed by atoms with Crippen molar-refractivity contribution in [2.24, 2.45) is 0 Å². The van der Waals surface area contributed by atoms with Gasteiger partial charge in [-0.3, -0.25) is 9.48 Å². The maximum absolute atomic E-state index is 10.4. The first-order valence-electron chi connectivity index (χ1n) is 3.52. The predicted molar refractivity (Wildman–Crippen MR) is 50.4 cm³/mol. The normalized spacial score (nSPS) is 10.8. The summed E-state index contributed by atoms with van der Waals surface area (Å²) in [6.07, 6.45) is 4.45. The van der Waals surface area contributed by atoms with Crippen LogP contribution in [0.5, 0.6) is 0 Å². The Morgan fingerprint density at radius 2 is 2.50 bits per heavy atom. The van der Waals surface area contributed by atoms with Gasteiger partial charge < -0.3 is 0 Å². The van der Waals surface area contributed by atoms with Crippen molar-refractivity contribution in [3.63, 3.8) is 0 Å². The van der Waals surface area contributed by atoms with E-state index in [9.17, 15) is 4.79 Å². The predicted octanol–water partition coefficient (Wildman–Crippen LogP) is 1.91. The Morgan fingerprint density at radius 3 is 3.00 bits per heavy atom. The van der Waals surface area contributed by atoms with Crippen molar-refractivity contribution in [1.29, 1.82) is 0 Å². The summed E-state index contributed by atoms with van der Waals surface area (Å²) in [5.41, 5.74) is 1.42. The largest absolute Gasteiger partial charge is 0.298 e. The number of carbonyl (C=O) groups excluding carboxylic acids is 1. The molecule has 64 valence electrons. The molecule has 0 aromatic carbocycles. The molecule has 0 aliphatic carbocycles. The average molecular weight is 229 g/mol. The van der Waals surface area contributed by atoms with E-state index < -0.39 is 0 Å². The highest BCUT2D eigenvalue weighted by atomic mass is 79.9. The van der Waals surface area contributed by atoms with Gasteiger partial charge in [-0.2, -0.15) is 5.10 Å². The van der Waals surface area contributed by atoms with Crippen molar-refractivity contribution >= 4 is 22.2 Å². The highest BCUT2D eigenvalue weighted by molar-refractivity contribution is 9.11. The van der Waals surface area contributed by atoms with E-state index in [0.717, 1.165) is 12.0 Å². The van der Waals surface area contributed by atoms with E-state index in [1.54, 1.807) is 15.9 Å². The van der Waals surface area contributed by atoms with Crippen LogP contribution in [0.1, 0.15) is 16.1 Å². The van der Waals surface area contributed by atoms with E-state index in [1.807, 2.05) is 13.0 Å². The summed E-state index contributed by atoms with van der Waals surface area (Å²) < 4.78 is 1.72. The van der Waals surface area contributed by atoms with Crippen LogP contribution in [0, 0.1) is 6.92 Å². The molecule has 1 rings (SSSR count). The van der Waals surface area contributed by atoms with Gasteiger partial charge in [0.15, 0.2) is 6.29 Å². The zero-order chi connectivity index (χ0) is 8.97. The molecule has 3 nitrogen and oxygen atoms in total. The Kier molecular flexibility index (Phi) is 3.22. The summed E-state index contributed by atoms with van der Waals surface area (Å²) in [7, 11) is 0. The van der Waals surface area contributed by atoms with Crippen LogP contribution < -0.4 is 0 Å². The molecule has 0 spiro atoms. The summed E-state index contributed by atoms with van der Waals surface area (Å²) >= 11 is 3.16. The summed E-state index contributed by atoms with van der Waals surface area (Å²) in [4.78, 5) is 12.2. The molecule has 1 heterocycles. The molecule has 0 N–H and O–H groups in total. The lowest BCUT2D eigenvalue weighted by Gasteiger charge is -1.91. The van der Waals surface area contributed by atoms with Crippen molar-refractivity contribution in [3.05, 3.63) is 28.5 Å². The van der Waals surface area contributed by atoms with E-state index in [2.05, 4.69) is 21.0 Å². The topological polar surface area (TPSA) is 34.9 Å². The molecular formula is C8H9BrN2O. The molecule has 0 aliphatic heterocycles. The second-order valence-corrected chi connectivity index (χ2v) is 2.90. The van der Waals surface area contributed by atoms with Crippen LogP contribution in [0.3, 0.4) is 0 Å². The number of hydrogen-bond acceptors (Lipinski definition) is 2. The number of aromatic nitrogens is 2. The van der Waals surface area contributed by atoms with Gasteiger partial charge in [0.2, 0.25) is 0 Å². The fourth-order valence-corrected chi connectivity index (χ4v) is 1.06. The van der Waals surface area contributed by atoms with Crippen molar-refractivity contribution in [2.45, 2.75) is 13.5 Å². The second-order valence-electron chi connectivity index (χ2n) is 2.37. The lowest BCUT2D eigenvalue weighted by Crippen LogP contribution is -1.94. The van der Waals surface area contributed by atoms with Crippen LogP contribution in [-0.4, -0.2) is 16.1 Å². The van der Waals surface area contributed by atoms with Gasteiger partial charge in [-0.15, -0.1) is 0 Å². The smallest absolute Gasteiger partial charge is 0.153 e. The second kappa shape index (κ2) is 4.21. The number of aryl methyl sites for hydroxylation is 1. The first-order valence-corrected chi connectivity index (χ1v) is 4.44. The van der Waals surface area contributed by atoms with Crippen LogP contribution in [0.15, 0.2) is 17.3 Å². The van der Waals surface area contributed by atoms with Crippen LogP contribution in [0.4, 0.5) is 0 Å². The average Bonchev–Trinajstić information content (AvgIpc) is 2.43. The minimum atomic E-state index is 0.651. The lowest BCUT2D eigenvalue weighted by atomic mass is 10.3. The number of carbonyl (C=O) groups is 1. The number of halogens is 1.